The number of hydrogen-bond acceptors (Lipinski definition) is 6. The molecule has 3 fully saturated rings. The average Bonchev–Trinajstić information content (AvgIpc) is 3.03. The van der Waals surface area contributed by atoms with E-state index in [0.29, 0.717) is 6.07 Å². The Bertz CT molecular complexity index is 770. The van der Waals surface area contributed by atoms with Gasteiger partial charge >= 0.3 is 0 Å². The molecule has 1 N–H and O–H groups in total. The normalized spacial score (nSPS) is 36.1. The lowest BCUT2D eigenvalue weighted by molar-refractivity contribution is -0.229. The predicted octanol–water partition coefficient (Wildman–Crippen LogP) is 2.30. The first-order chi connectivity index (χ1) is 12.5. The summed E-state index contributed by atoms with van der Waals surface area (Å²) >= 11 is 0. The van der Waals surface area contributed by atoms with Gasteiger partial charge in [-0.05, 0) is 39.8 Å². The molecule has 5 atom stereocenters. The fourth-order valence-corrected chi connectivity index (χ4v) is 3.62. The molecular formula is C18H21F2NO6. The van der Waals surface area contributed by atoms with E-state index >= 15 is 0 Å². The first-order valence-electron chi connectivity index (χ1n) is 8.67. The number of fused-ring (bicyclic) bond motifs is 3. The number of amides is 1. The van der Waals surface area contributed by atoms with Crippen LogP contribution in [0.25, 0.3) is 0 Å². The van der Waals surface area contributed by atoms with Crippen molar-refractivity contribution in [2.45, 2.75) is 70.0 Å². The molecule has 7 nitrogen and oxygen atoms in total. The molecule has 3 heterocycles. The van der Waals surface area contributed by atoms with Gasteiger partial charge in [0.2, 0.25) is 0 Å². The number of halogens is 2. The van der Waals surface area contributed by atoms with E-state index in [-0.39, 0.29) is 5.69 Å². The molecule has 9 heteroatoms. The maximum absolute atomic E-state index is 13.9. The Morgan fingerprint density at radius 2 is 1.59 bits per heavy atom. The highest BCUT2D eigenvalue weighted by molar-refractivity contribution is 5.95. The fourth-order valence-electron chi connectivity index (χ4n) is 3.62. The lowest BCUT2D eigenvalue weighted by Crippen LogP contribution is -2.58. The van der Waals surface area contributed by atoms with Crippen LogP contribution in [0.4, 0.5) is 14.5 Å². The zero-order chi connectivity index (χ0) is 19.6. The molecule has 27 heavy (non-hydrogen) atoms. The van der Waals surface area contributed by atoms with E-state index in [1.807, 2.05) is 0 Å². The third-order valence-electron chi connectivity index (χ3n) is 4.60. The molecule has 0 aromatic heterocycles. The van der Waals surface area contributed by atoms with Crippen LogP contribution in [0.15, 0.2) is 18.2 Å². The Hall–Kier alpha value is -1.65. The second kappa shape index (κ2) is 6.18. The zero-order valence-corrected chi connectivity index (χ0v) is 15.3. The van der Waals surface area contributed by atoms with E-state index in [0.717, 1.165) is 12.1 Å². The van der Waals surface area contributed by atoms with Gasteiger partial charge in [0.05, 0.1) is 5.69 Å². The molecule has 0 bridgehead atoms. The number of carbonyl (C=O) groups excluding carboxylic acids is 1. The van der Waals surface area contributed by atoms with Gasteiger partial charge in [0.25, 0.3) is 5.91 Å². The number of carbonyl (C=O) groups is 1. The first kappa shape index (κ1) is 18.7. The quantitative estimate of drug-likeness (QED) is 0.842. The number of hydrogen-bond donors (Lipinski definition) is 1. The Labute approximate surface area is 154 Å². The molecule has 0 aliphatic carbocycles. The second-order valence-electron chi connectivity index (χ2n) is 7.70. The van der Waals surface area contributed by atoms with Crippen LogP contribution in [0.5, 0.6) is 0 Å². The summed E-state index contributed by atoms with van der Waals surface area (Å²) in [5.41, 5.74) is -0.161. The zero-order valence-electron chi connectivity index (χ0n) is 15.3. The highest BCUT2D eigenvalue weighted by Gasteiger charge is 2.62. The van der Waals surface area contributed by atoms with Crippen molar-refractivity contribution in [3.8, 4) is 0 Å². The van der Waals surface area contributed by atoms with Crippen LogP contribution in [0, 0.1) is 11.6 Å². The van der Waals surface area contributed by atoms with Gasteiger partial charge in [-0.1, -0.05) is 0 Å². The number of ether oxygens (including phenoxy) is 5. The van der Waals surface area contributed by atoms with E-state index in [4.69, 9.17) is 23.7 Å². The van der Waals surface area contributed by atoms with E-state index in [9.17, 15) is 13.6 Å². The third kappa shape index (κ3) is 3.45. The molecule has 4 rings (SSSR count). The van der Waals surface area contributed by atoms with Crippen molar-refractivity contribution < 1.29 is 37.3 Å². The van der Waals surface area contributed by atoms with Crippen LogP contribution >= 0.6 is 0 Å². The topological polar surface area (TPSA) is 75.3 Å². The van der Waals surface area contributed by atoms with Crippen LogP contribution in [-0.2, 0) is 28.5 Å². The van der Waals surface area contributed by atoms with Gasteiger partial charge in [0.1, 0.15) is 29.9 Å². The molecule has 0 spiro atoms. The van der Waals surface area contributed by atoms with E-state index < -0.39 is 59.8 Å². The fraction of sp³-hybridized carbons (Fsp3) is 0.611. The number of rotatable bonds is 2. The Morgan fingerprint density at radius 1 is 0.963 bits per heavy atom. The van der Waals surface area contributed by atoms with Crippen molar-refractivity contribution in [2.24, 2.45) is 0 Å². The maximum Gasteiger partial charge on any atom is 0.256 e. The molecule has 0 saturated carbocycles. The Kier molecular flexibility index (Phi) is 4.28. The van der Waals surface area contributed by atoms with Gasteiger partial charge in [0.15, 0.2) is 24.0 Å². The largest absolute Gasteiger partial charge is 0.342 e. The summed E-state index contributed by atoms with van der Waals surface area (Å²) in [6.07, 6.45) is -3.91. The van der Waals surface area contributed by atoms with Gasteiger partial charge in [-0.15, -0.1) is 0 Å². The highest BCUT2D eigenvalue weighted by atomic mass is 19.1. The third-order valence-corrected chi connectivity index (χ3v) is 4.60. The summed E-state index contributed by atoms with van der Waals surface area (Å²) in [6.45, 7) is 6.90. The van der Waals surface area contributed by atoms with Gasteiger partial charge < -0.3 is 29.0 Å². The van der Waals surface area contributed by atoms with Gasteiger partial charge in [-0.3, -0.25) is 4.79 Å². The predicted molar refractivity (Wildman–Crippen MR) is 87.5 cm³/mol. The summed E-state index contributed by atoms with van der Waals surface area (Å²) in [4.78, 5) is 12.8. The molecule has 0 radical (unpaired) electrons. The molecular weight excluding hydrogens is 364 g/mol. The number of benzene rings is 1. The van der Waals surface area contributed by atoms with Crippen molar-refractivity contribution in [1.29, 1.82) is 0 Å². The molecule has 1 aromatic rings. The standard InChI is InChI=1S/C18H21F2NO6/c1-17(2)24-11-12(25-17)14-16(27-18(3,4)26-14)23-13(11)15(22)21-10-6-5-8(19)7-9(10)20/h5-7,11-14,16H,1-4H3,(H,21,22)/t11-,12+,13+,14+,16-/m1/s1. The number of nitrogens with one attached hydrogen (secondary N) is 1. The lowest BCUT2D eigenvalue weighted by Gasteiger charge is -2.36. The van der Waals surface area contributed by atoms with Crippen LogP contribution in [-0.4, -0.2) is 48.2 Å². The summed E-state index contributed by atoms with van der Waals surface area (Å²) < 4.78 is 56.1. The summed E-state index contributed by atoms with van der Waals surface area (Å²) in [7, 11) is 0. The number of anilines is 1. The first-order valence-corrected chi connectivity index (χ1v) is 8.67. The van der Waals surface area contributed by atoms with Crippen molar-refractivity contribution in [2.75, 3.05) is 5.32 Å². The van der Waals surface area contributed by atoms with E-state index in [1.54, 1.807) is 27.7 Å². The van der Waals surface area contributed by atoms with Gasteiger partial charge in [0, 0.05) is 6.07 Å². The minimum Gasteiger partial charge on any atom is -0.342 e. The second-order valence-corrected chi connectivity index (χ2v) is 7.70. The molecule has 3 aliphatic heterocycles. The molecule has 0 unspecified atom stereocenters. The average molecular weight is 385 g/mol. The molecule has 148 valence electrons. The smallest absolute Gasteiger partial charge is 0.256 e. The van der Waals surface area contributed by atoms with Crippen molar-refractivity contribution in [1.82, 2.24) is 0 Å². The summed E-state index contributed by atoms with van der Waals surface area (Å²) in [5, 5.41) is 2.41. The molecule has 3 aliphatic rings. The Balaban J connectivity index is 1.59. The SMILES string of the molecule is CC1(C)O[C@H]2O[C@H](C(=O)Nc3ccc(F)cc3F)[C@@H]3OC(C)(C)O[C@@H]3[C@@H]2O1. The molecule has 1 amide bonds. The van der Waals surface area contributed by atoms with Crippen molar-refractivity contribution in [3.63, 3.8) is 0 Å². The lowest BCUT2D eigenvalue weighted by atomic mass is 9.98. The van der Waals surface area contributed by atoms with Gasteiger partial charge in [-0.2, -0.15) is 0 Å². The molecule has 3 saturated heterocycles. The minimum absolute atomic E-state index is 0.161. The maximum atomic E-state index is 13.9. The van der Waals surface area contributed by atoms with Gasteiger partial charge in [-0.25, -0.2) is 8.78 Å². The van der Waals surface area contributed by atoms with Crippen LogP contribution < -0.4 is 5.32 Å². The molecule has 1 aromatic carbocycles. The van der Waals surface area contributed by atoms with E-state index in [2.05, 4.69) is 5.32 Å². The van der Waals surface area contributed by atoms with Crippen molar-refractivity contribution >= 4 is 11.6 Å². The Morgan fingerprint density at radius 3 is 2.30 bits per heavy atom. The van der Waals surface area contributed by atoms with E-state index in [1.165, 1.54) is 0 Å². The monoisotopic (exact) mass is 385 g/mol. The van der Waals surface area contributed by atoms with Crippen molar-refractivity contribution in [3.05, 3.63) is 29.8 Å². The highest BCUT2D eigenvalue weighted by Crippen LogP contribution is 2.44. The van der Waals surface area contributed by atoms with Crippen LogP contribution in [0.3, 0.4) is 0 Å². The minimum atomic E-state index is -1.13. The van der Waals surface area contributed by atoms with Crippen LogP contribution in [0.2, 0.25) is 0 Å². The summed E-state index contributed by atoms with van der Waals surface area (Å²) in [5.74, 6) is -4.15. The van der Waals surface area contributed by atoms with Crippen LogP contribution in [0.1, 0.15) is 27.7 Å². The summed E-state index contributed by atoms with van der Waals surface area (Å²) in [6, 6.07) is 2.87.